The summed E-state index contributed by atoms with van der Waals surface area (Å²) >= 11 is 0. The molecule has 0 bridgehead atoms. The van der Waals surface area contributed by atoms with Crippen LogP contribution in [0.15, 0.2) is 30.3 Å². The maximum atomic E-state index is 10.1. The first-order valence-corrected chi connectivity index (χ1v) is 6.50. The largest absolute Gasteiger partial charge is 0.507 e. The van der Waals surface area contributed by atoms with Gasteiger partial charge in [-0.05, 0) is 24.3 Å². The van der Waals surface area contributed by atoms with Gasteiger partial charge in [0.15, 0.2) is 5.65 Å². The molecule has 0 spiro atoms. The molecule has 0 fully saturated rings. The zero-order chi connectivity index (χ0) is 15.0. The van der Waals surface area contributed by atoms with E-state index in [1.807, 2.05) is 31.1 Å². The summed E-state index contributed by atoms with van der Waals surface area (Å²) in [6.07, 6.45) is 0. The molecule has 3 aromatic rings. The minimum absolute atomic E-state index is 0.112. The van der Waals surface area contributed by atoms with Gasteiger partial charge in [-0.2, -0.15) is 0 Å². The lowest BCUT2D eigenvalue weighted by Crippen LogP contribution is -2.10. The van der Waals surface area contributed by atoms with Crippen LogP contribution in [0.25, 0.3) is 22.6 Å². The Kier molecular flexibility index (Phi) is 3.13. The number of phenolic OH excluding ortho intramolecular Hbond substituents is 1. The number of ether oxygens (including phenoxy) is 1. The van der Waals surface area contributed by atoms with E-state index in [1.165, 1.54) is 0 Å². The van der Waals surface area contributed by atoms with Crippen LogP contribution in [0, 0.1) is 0 Å². The Bertz CT molecular complexity index is 795. The van der Waals surface area contributed by atoms with Crippen molar-refractivity contribution in [3.8, 4) is 22.9 Å². The molecule has 2 heterocycles. The fourth-order valence-corrected chi connectivity index (χ4v) is 2.10. The Labute approximate surface area is 122 Å². The predicted molar refractivity (Wildman–Crippen MR) is 81.9 cm³/mol. The number of imidazole rings is 1. The summed E-state index contributed by atoms with van der Waals surface area (Å²) in [6.45, 7) is 0. The zero-order valence-corrected chi connectivity index (χ0v) is 12.1. The molecule has 6 heteroatoms. The van der Waals surface area contributed by atoms with Crippen molar-refractivity contribution in [2.75, 3.05) is 26.1 Å². The minimum Gasteiger partial charge on any atom is -0.507 e. The van der Waals surface area contributed by atoms with Crippen molar-refractivity contribution in [1.82, 2.24) is 15.0 Å². The van der Waals surface area contributed by atoms with Gasteiger partial charge in [0.1, 0.15) is 23.1 Å². The summed E-state index contributed by atoms with van der Waals surface area (Å²) in [5.41, 5.74) is 2.05. The SMILES string of the molecule is COc1ccc(-c2nc3nc(N(C)C)ccc3[nH]2)c(O)c1. The summed E-state index contributed by atoms with van der Waals surface area (Å²) in [5.74, 6) is 2.12. The fraction of sp³-hybridized carbons (Fsp3) is 0.200. The molecule has 0 radical (unpaired) electrons. The lowest BCUT2D eigenvalue weighted by Gasteiger charge is -2.09. The van der Waals surface area contributed by atoms with Crippen LogP contribution < -0.4 is 9.64 Å². The Balaban J connectivity index is 2.08. The molecule has 1 aromatic carbocycles. The average molecular weight is 284 g/mol. The van der Waals surface area contributed by atoms with Gasteiger partial charge in [0, 0.05) is 20.2 Å². The standard InChI is InChI=1S/C15H16N4O2/c1-19(2)13-7-6-11-15(17-13)18-14(16-11)10-5-4-9(21-3)8-12(10)20/h4-8,20H,1-3H3,(H,16,17,18). The Morgan fingerprint density at radius 2 is 1.95 bits per heavy atom. The number of aromatic nitrogens is 3. The first-order valence-electron chi connectivity index (χ1n) is 6.50. The third-order valence-corrected chi connectivity index (χ3v) is 3.25. The summed E-state index contributed by atoms with van der Waals surface area (Å²) in [5, 5.41) is 10.1. The Morgan fingerprint density at radius 3 is 2.62 bits per heavy atom. The van der Waals surface area contributed by atoms with E-state index in [0.29, 0.717) is 22.8 Å². The lowest BCUT2D eigenvalue weighted by molar-refractivity contribution is 0.408. The van der Waals surface area contributed by atoms with Gasteiger partial charge in [-0.1, -0.05) is 0 Å². The van der Waals surface area contributed by atoms with Crippen LogP contribution in [-0.4, -0.2) is 41.3 Å². The lowest BCUT2D eigenvalue weighted by atomic mass is 10.2. The van der Waals surface area contributed by atoms with E-state index in [4.69, 9.17) is 4.74 Å². The molecule has 21 heavy (non-hydrogen) atoms. The van der Waals surface area contributed by atoms with Crippen molar-refractivity contribution < 1.29 is 9.84 Å². The van der Waals surface area contributed by atoms with Gasteiger partial charge in [0.05, 0.1) is 18.2 Å². The normalized spacial score (nSPS) is 10.8. The van der Waals surface area contributed by atoms with E-state index in [9.17, 15) is 5.11 Å². The van der Waals surface area contributed by atoms with Crippen LogP contribution in [0.1, 0.15) is 0 Å². The van der Waals surface area contributed by atoms with Gasteiger partial charge in [0.2, 0.25) is 0 Å². The van der Waals surface area contributed by atoms with E-state index in [0.717, 1.165) is 11.3 Å². The van der Waals surface area contributed by atoms with Crippen LogP contribution in [0.3, 0.4) is 0 Å². The van der Waals surface area contributed by atoms with Gasteiger partial charge in [0.25, 0.3) is 0 Å². The predicted octanol–water partition coefficient (Wildman–Crippen LogP) is 2.41. The molecule has 0 aliphatic heterocycles. The van der Waals surface area contributed by atoms with Gasteiger partial charge in [-0.15, -0.1) is 0 Å². The molecule has 3 rings (SSSR count). The number of hydrogen-bond donors (Lipinski definition) is 2. The van der Waals surface area contributed by atoms with Gasteiger partial charge in [-0.25, -0.2) is 9.97 Å². The molecule has 2 N–H and O–H groups in total. The molecule has 0 amide bonds. The number of nitrogens with zero attached hydrogens (tertiary/aromatic N) is 3. The molecular formula is C15H16N4O2. The van der Waals surface area contributed by atoms with Crippen molar-refractivity contribution in [3.63, 3.8) is 0 Å². The Morgan fingerprint density at radius 1 is 1.14 bits per heavy atom. The van der Waals surface area contributed by atoms with E-state index >= 15 is 0 Å². The Hall–Kier alpha value is -2.76. The number of phenols is 1. The molecule has 0 unspecified atom stereocenters. The number of benzene rings is 1. The fourth-order valence-electron chi connectivity index (χ4n) is 2.10. The first kappa shape index (κ1) is 13.2. The van der Waals surface area contributed by atoms with Crippen molar-refractivity contribution >= 4 is 17.0 Å². The van der Waals surface area contributed by atoms with Gasteiger partial charge >= 0.3 is 0 Å². The zero-order valence-electron chi connectivity index (χ0n) is 12.1. The van der Waals surface area contributed by atoms with Crippen LogP contribution in [-0.2, 0) is 0 Å². The van der Waals surface area contributed by atoms with E-state index in [-0.39, 0.29) is 5.75 Å². The average Bonchev–Trinajstić information content (AvgIpc) is 2.89. The van der Waals surface area contributed by atoms with Gasteiger partial charge < -0.3 is 19.7 Å². The maximum absolute atomic E-state index is 10.1. The highest BCUT2D eigenvalue weighted by Gasteiger charge is 2.12. The molecule has 0 saturated carbocycles. The topological polar surface area (TPSA) is 74.3 Å². The third kappa shape index (κ3) is 2.35. The summed E-state index contributed by atoms with van der Waals surface area (Å²) in [7, 11) is 5.41. The van der Waals surface area contributed by atoms with E-state index in [1.54, 1.807) is 25.3 Å². The number of rotatable bonds is 3. The molecule has 0 aliphatic rings. The second-order valence-electron chi connectivity index (χ2n) is 4.90. The number of H-pyrrole nitrogens is 1. The van der Waals surface area contributed by atoms with Crippen LogP contribution in [0.2, 0.25) is 0 Å². The summed E-state index contributed by atoms with van der Waals surface area (Å²) in [4.78, 5) is 14.0. The number of hydrogen-bond acceptors (Lipinski definition) is 5. The monoisotopic (exact) mass is 284 g/mol. The summed E-state index contributed by atoms with van der Waals surface area (Å²) < 4.78 is 5.08. The highest BCUT2D eigenvalue weighted by Crippen LogP contribution is 2.31. The number of aromatic hydroxyl groups is 1. The number of anilines is 1. The van der Waals surface area contributed by atoms with Crippen molar-refractivity contribution in [3.05, 3.63) is 30.3 Å². The minimum atomic E-state index is 0.112. The highest BCUT2D eigenvalue weighted by molar-refractivity contribution is 5.79. The van der Waals surface area contributed by atoms with Gasteiger partial charge in [-0.3, -0.25) is 0 Å². The van der Waals surface area contributed by atoms with Crippen molar-refractivity contribution in [2.45, 2.75) is 0 Å². The van der Waals surface area contributed by atoms with Crippen LogP contribution in [0.5, 0.6) is 11.5 Å². The van der Waals surface area contributed by atoms with Crippen LogP contribution >= 0.6 is 0 Å². The van der Waals surface area contributed by atoms with Crippen molar-refractivity contribution in [2.24, 2.45) is 0 Å². The number of fused-ring (bicyclic) bond motifs is 1. The van der Waals surface area contributed by atoms with E-state index < -0.39 is 0 Å². The number of aromatic amines is 1. The first-order chi connectivity index (χ1) is 10.1. The number of pyridine rings is 1. The number of nitrogens with one attached hydrogen (secondary N) is 1. The molecule has 0 atom stereocenters. The van der Waals surface area contributed by atoms with E-state index in [2.05, 4.69) is 15.0 Å². The molecule has 0 aliphatic carbocycles. The quantitative estimate of drug-likeness (QED) is 0.772. The molecular weight excluding hydrogens is 268 g/mol. The van der Waals surface area contributed by atoms with Crippen molar-refractivity contribution in [1.29, 1.82) is 0 Å². The molecule has 0 saturated heterocycles. The third-order valence-electron chi connectivity index (χ3n) is 3.25. The van der Waals surface area contributed by atoms with Crippen LogP contribution in [0.4, 0.5) is 5.82 Å². The number of methoxy groups -OCH3 is 1. The second kappa shape index (κ2) is 4.97. The summed E-state index contributed by atoms with van der Waals surface area (Å²) in [6, 6.07) is 8.94. The maximum Gasteiger partial charge on any atom is 0.180 e. The smallest absolute Gasteiger partial charge is 0.180 e. The molecule has 108 valence electrons. The highest BCUT2D eigenvalue weighted by atomic mass is 16.5. The second-order valence-corrected chi connectivity index (χ2v) is 4.90. The molecule has 6 nitrogen and oxygen atoms in total. The molecule has 2 aromatic heterocycles.